The van der Waals surface area contributed by atoms with E-state index in [-0.39, 0.29) is 27.1 Å². The van der Waals surface area contributed by atoms with E-state index < -0.39 is 25.7 Å². The van der Waals surface area contributed by atoms with Crippen LogP contribution >= 0.6 is 0 Å². The van der Waals surface area contributed by atoms with Crippen LogP contribution in [-0.4, -0.2) is 47.3 Å². The van der Waals surface area contributed by atoms with Crippen molar-refractivity contribution in [2.45, 2.75) is 40.9 Å². The van der Waals surface area contributed by atoms with E-state index in [4.69, 9.17) is 0 Å². The molecule has 0 radical (unpaired) electrons. The summed E-state index contributed by atoms with van der Waals surface area (Å²) in [5.41, 5.74) is 0.398. The van der Waals surface area contributed by atoms with Crippen molar-refractivity contribution >= 4 is 25.8 Å². The number of carbonyl (C=O) groups excluding carboxylic acids is 1. The molecule has 1 saturated heterocycles. The number of sulfonamides is 1. The molecule has 1 aliphatic heterocycles. The van der Waals surface area contributed by atoms with Gasteiger partial charge in [-0.1, -0.05) is 6.07 Å². The quantitative estimate of drug-likeness (QED) is 0.487. The summed E-state index contributed by atoms with van der Waals surface area (Å²) >= 11 is 0. The Labute approximate surface area is 175 Å². The number of sulfone groups is 1. The highest BCUT2D eigenvalue weighted by molar-refractivity contribution is 7.91. The Hall–Kier alpha value is -2.30. The molecule has 1 heterocycles. The molecule has 3 rings (SSSR count). The maximum atomic E-state index is 13.1. The summed E-state index contributed by atoms with van der Waals surface area (Å²) in [6.45, 7) is 2.86. The fraction of sp³-hybridized carbons (Fsp3) is 0.350. The highest BCUT2D eigenvalue weighted by Gasteiger charge is 2.24. The first-order valence-electron chi connectivity index (χ1n) is 9.50. The zero-order valence-corrected chi connectivity index (χ0v) is 18.1. The van der Waals surface area contributed by atoms with E-state index in [0.29, 0.717) is 31.5 Å². The molecule has 0 bridgehead atoms. The van der Waals surface area contributed by atoms with Crippen LogP contribution in [0.5, 0.6) is 0 Å². The first kappa shape index (κ1) is 22.4. The molecule has 0 atom stereocenters. The Morgan fingerprint density at radius 2 is 1.70 bits per heavy atom. The molecule has 0 aromatic heterocycles. The van der Waals surface area contributed by atoms with E-state index in [0.717, 1.165) is 36.8 Å². The Morgan fingerprint density at radius 1 is 1.03 bits per heavy atom. The second kappa shape index (κ2) is 8.83. The molecule has 0 aliphatic carbocycles. The van der Waals surface area contributed by atoms with Crippen LogP contribution in [0.4, 0.5) is 4.39 Å². The first-order valence-corrected chi connectivity index (χ1v) is 12.5. The van der Waals surface area contributed by atoms with Gasteiger partial charge in [0.1, 0.15) is 5.82 Å². The van der Waals surface area contributed by atoms with Crippen LogP contribution in [0.1, 0.15) is 24.8 Å². The normalized spacial score (nSPS) is 15.0. The lowest BCUT2D eigenvalue weighted by Gasteiger charge is -2.16. The summed E-state index contributed by atoms with van der Waals surface area (Å²) in [6, 6.07) is 8.20. The second-order valence-corrected chi connectivity index (χ2v) is 10.8. The molecule has 1 N–H and O–H groups in total. The average molecular weight is 455 g/mol. The van der Waals surface area contributed by atoms with E-state index in [1.807, 2.05) is 0 Å². The van der Waals surface area contributed by atoms with Gasteiger partial charge in [-0.15, -0.1) is 0 Å². The molecule has 10 heteroatoms. The van der Waals surface area contributed by atoms with Gasteiger partial charge in [-0.2, -0.15) is 0 Å². The first-order chi connectivity index (χ1) is 14.1. The molecule has 1 fully saturated rings. The summed E-state index contributed by atoms with van der Waals surface area (Å²) in [4.78, 5) is 12.9. The van der Waals surface area contributed by atoms with Crippen LogP contribution in [0.3, 0.4) is 0 Å². The predicted octanol–water partition coefficient (Wildman–Crippen LogP) is 2.26. The van der Waals surface area contributed by atoms with Crippen molar-refractivity contribution < 1.29 is 26.0 Å². The van der Waals surface area contributed by atoms with E-state index in [1.54, 1.807) is 11.8 Å². The van der Waals surface area contributed by atoms with Gasteiger partial charge in [0.2, 0.25) is 25.8 Å². The van der Waals surface area contributed by atoms with E-state index in [9.17, 15) is 26.0 Å². The van der Waals surface area contributed by atoms with Gasteiger partial charge in [0.05, 0.1) is 14.7 Å². The molecule has 162 valence electrons. The van der Waals surface area contributed by atoms with Gasteiger partial charge < -0.3 is 4.90 Å². The van der Waals surface area contributed by atoms with Crippen molar-refractivity contribution in [2.75, 3.05) is 19.6 Å². The summed E-state index contributed by atoms with van der Waals surface area (Å²) in [5, 5.41) is 0. The van der Waals surface area contributed by atoms with Gasteiger partial charge in [0.25, 0.3) is 0 Å². The summed E-state index contributed by atoms with van der Waals surface area (Å²) in [6.07, 6.45) is 1.80. The van der Waals surface area contributed by atoms with Crippen molar-refractivity contribution in [3.05, 3.63) is 53.8 Å². The standard InChI is InChI=1S/C20H23FN2O5S2/c1-15-5-8-18(29(25,26)17-9-6-16(21)7-10-17)14-19(15)30(27,28)22-11-3-13-23-12-2-4-20(23)24/h5-10,14,22H,2-4,11-13H2,1H3. The molecule has 2 aromatic rings. The third-order valence-electron chi connectivity index (χ3n) is 4.95. The maximum Gasteiger partial charge on any atom is 0.240 e. The Bertz CT molecular complexity index is 1150. The zero-order chi connectivity index (χ0) is 21.9. The largest absolute Gasteiger partial charge is 0.343 e. The number of rotatable bonds is 8. The lowest BCUT2D eigenvalue weighted by Crippen LogP contribution is -2.31. The number of hydrogen-bond donors (Lipinski definition) is 1. The Morgan fingerprint density at radius 3 is 2.33 bits per heavy atom. The highest BCUT2D eigenvalue weighted by atomic mass is 32.2. The fourth-order valence-electron chi connectivity index (χ4n) is 3.28. The van der Waals surface area contributed by atoms with Crippen LogP contribution in [-0.2, 0) is 24.7 Å². The molecular formula is C20H23FN2O5S2. The van der Waals surface area contributed by atoms with E-state index >= 15 is 0 Å². The molecular weight excluding hydrogens is 431 g/mol. The summed E-state index contributed by atoms with van der Waals surface area (Å²) < 4.78 is 66.7. The van der Waals surface area contributed by atoms with Crippen molar-refractivity contribution in [2.24, 2.45) is 0 Å². The average Bonchev–Trinajstić information content (AvgIpc) is 3.10. The summed E-state index contributed by atoms with van der Waals surface area (Å²) in [5.74, 6) is -0.492. The van der Waals surface area contributed by atoms with Gasteiger partial charge in [-0.05, 0) is 61.7 Å². The molecule has 0 saturated carbocycles. The molecule has 0 spiro atoms. The molecule has 1 amide bonds. The minimum absolute atomic E-state index is 0.0763. The van der Waals surface area contributed by atoms with E-state index in [1.165, 1.54) is 12.1 Å². The van der Waals surface area contributed by atoms with Crippen LogP contribution in [0, 0.1) is 12.7 Å². The number of carbonyl (C=O) groups is 1. The number of halogens is 1. The molecule has 2 aromatic carbocycles. The predicted molar refractivity (Wildman–Crippen MR) is 109 cm³/mol. The van der Waals surface area contributed by atoms with Gasteiger partial charge in [-0.3, -0.25) is 4.79 Å². The van der Waals surface area contributed by atoms with Crippen molar-refractivity contribution in [1.29, 1.82) is 0 Å². The number of benzene rings is 2. The summed E-state index contributed by atoms with van der Waals surface area (Å²) in [7, 11) is -7.95. The topological polar surface area (TPSA) is 101 Å². The number of likely N-dealkylation sites (tertiary alicyclic amines) is 1. The van der Waals surface area contributed by atoms with Crippen LogP contribution in [0.15, 0.2) is 57.2 Å². The lowest BCUT2D eigenvalue weighted by molar-refractivity contribution is -0.127. The lowest BCUT2D eigenvalue weighted by atomic mass is 10.2. The molecule has 0 unspecified atom stereocenters. The van der Waals surface area contributed by atoms with Gasteiger partial charge in [0.15, 0.2) is 0 Å². The number of aryl methyl sites for hydroxylation is 1. The minimum Gasteiger partial charge on any atom is -0.343 e. The van der Waals surface area contributed by atoms with E-state index in [2.05, 4.69) is 4.72 Å². The van der Waals surface area contributed by atoms with Crippen molar-refractivity contribution in [3.8, 4) is 0 Å². The van der Waals surface area contributed by atoms with Crippen LogP contribution in [0.25, 0.3) is 0 Å². The fourth-order valence-corrected chi connectivity index (χ4v) is 5.99. The van der Waals surface area contributed by atoms with Gasteiger partial charge in [-0.25, -0.2) is 25.9 Å². The maximum absolute atomic E-state index is 13.1. The molecule has 30 heavy (non-hydrogen) atoms. The molecule has 1 aliphatic rings. The molecule has 7 nitrogen and oxygen atoms in total. The minimum atomic E-state index is -4.00. The van der Waals surface area contributed by atoms with Crippen molar-refractivity contribution in [1.82, 2.24) is 9.62 Å². The van der Waals surface area contributed by atoms with Crippen LogP contribution in [0.2, 0.25) is 0 Å². The highest BCUT2D eigenvalue weighted by Crippen LogP contribution is 2.25. The Kier molecular flexibility index (Phi) is 6.59. The third kappa shape index (κ3) is 4.88. The van der Waals surface area contributed by atoms with Crippen LogP contribution < -0.4 is 4.72 Å². The van der Waals surface area contributed by atoms with Gasteiger partial charge in [0, 0.05) is 26.1 Å². The number of amides is 1. The number of nitrogens with one attached hydrogen (secondary N) is 1. The zero-order valence-electron chi connectivity index (χ0n) is 16.5. The third-order valence-corrected chi connectivity index (χ3v) is 8.32. The SMILES string of the molecule is Cc1ccc(S(=O)(=O)c2ccc(F)cc2)cc1S(=O)(=O)NCCCN1CCCC1=O. The smallest absolute Gasteiger partial charge is 0.240 e. The second-order valence-electron chi connectivity index (χ2n) is 7.12. The number of nitrogens with zero attached hydrogens (tertiary/aromatic N) is 1. The number of hydrogen-bond acceptors (Lipinski definition) is 5. The van der Waals surface area contributed by atoms with Crippen molar-refractivity contribution in [3.63, 3.8) is 0 Å². The van der Waals surface area contributed by atoms with Gasteiger partial charge >= 0.3 is 0 Å². The monoisotopic (exact) mass is 454 g/mol. The Balaban J connectivity index is 1.76.